The first-order valence-electron chi connectivity index (χ1n) is 8.95. The lowest BCUT2D eigenvalue weighted by Gasteiger charge is -2.15. The van der Waals surface area contributed by atoms with Crippen LogP contribution in [-0.2, 0) is 16.1 Å². The third-order valence-corrected chi connectivity index (χ3v) is 4.26. The van der Waals surface area contributed by atoms with Crippen molar-refractivity contribution in [2.24, 2.45) is 5.92 Å². The van der Waals surface area contributed by atoms with Gasteiger partial charge in [0.05, 0.1) is 20.8 Å². The molecule has 1 aromatic carbocycles. The standard InChI is InChI=1S/C19H27N3O5/c1-12(2)10-20-17(23)8-6-14-18(24)22(19(25)21-14)11-13-5-7-15(26-3)16(9-13)27-4/h5,7,9,12,14H,6,8,10-11H2,1-4H3,(H,20,23)(H,21,25)/t14-/m0/s1. The molecule has 0 bridgehead atoms. The number of carbonyl (C=O) groups is 3. The van der Waals surface area contributed by atoms with Crippen LogP contribution in [0, 0.1) is 5.92 Å². The highest BCUT2D eigenvalue weighted by atomic mass is 16.5. The molecule has 1 heterocycles. The predicted octanol–water partition coefficient (Wildman–Crippen LogP) is 1.68. The second-order valence-corrected chi connectivity index (χ2v) is 6.85. The van der Waals surface area contributed by atoms with Crippen molar-refractivity contribution in [3.63, 3.8) is 0 Å². The van der Waals surface area contributed by atoms with E-state index < -0.39 is 12.1 Å². The van der Waals surface area contributed by atoms with E-state index in [2.05, 4.69) is 10.6 Å². The summed E-state index contributed by atoms with van der Waals surface area (Å²) in [4.78, 5) is 37.7. The van der Waals surface area contributed by atoms with Gasteiger partial charge in [0.25, 0.3) is 5.91 Å². The molecule has 148 valence electrons. The van der Waals surface area contributed by atoms with Gasteiger partial charge in [-0.15, -0.1) is 0 Å². The summed E-state index contributed by atoms with van der Waals surface area (Å²) in [6, 6.07) is 4.09. The minimum atomic E-state index is -0.678. The maximum atomic E-state index is 12.5. The van der Waals surface area contributed by atoms with E-state index in [9.17, 15) is 14.4 Å². The number of benzene rings is 1. The van der Waals surface area contributed by atoms with Gasteiger partial charge in [0.2, 0.25) is 5.91 Å². The number of nitrogens with one attached hydrogen (secondary N) is 2. The van der Waals surface area contributed by atoms with Crippen LogP contribution in [0.4, 0.5) is 4.79 Å². The molecule has 1 aliphatic rings. The van der Waals surface area contributed by atoms with E-state index in [4.69, 9.17) is 9.47 Å². The summed E-state index contributed by atoms with van der Waals surface area (Å²) in [5.41, 5.74) is 0.742. The molecule has 2 N–H and O–H groups in total. The highest BCUT2D eigenvalue weighted by Gasteiger charge is 2.37. The third kappa shape index (κ3) is 5.35. The Morgan fingerprint density at radius 2 is 1.93 bits per heavy atom. The van der Waals surface area contributed by atoms with Crippen molar-refractivity contribution >= 4 is 17.8 Å². The van der Waals surface area contributed by atoms with Crippen LogP contribution in [0.1, 0.15) is 32.3 Å². The molecule has 0 aromatic heterocycles. The van der Waals surface area contributed by atoms with E-state index >= 15 is 0 Å². The lowest BCUT2D eigenvalue weighted by atomic mass is 10.1. The molecular weight excluding hydrogens is 350 g/mol. The fourth-order valence-electron chi connectivity index (χ4n) is 2.77. The van der Waals surface area contributed by atoms with E-state index in [0.29, 0.717) is 24.0 Å². The molecule has 1 saturated heterocycles. The molecule has 27 heavy (non-hydrogen) atoms. The number of rotatable bonds is 9. The van der Waals surface area contributed by atoms with Crippen molar-refractivity contribution in [2.45, 2.75) is 39.3 Å². The molecular formula is C19H27N3O5. The van der Waals surface area contributed by atoms with Crippen LogP contribution in [0.15, 0.2) is 18.2 Å². The summed E-state index contributed by atoms with van der Waals surface area (Å²) < 4.78 is 10.4. The third-order valence-electron chi connectivity index (χ3n) is 4.26. The summed E-state index contributed by atoms with van der Waals surface area (Å²) in [6.45, 7) is 4.73. The Hall–Kier alpha value is -2.77. The van der Waals surface area contributed by atoms with Gasteiger partial charge in [-0.25, -0.2) is 4.79 Å². The highest BCUT2D eigenvalue weighted by Crippen LogP contribution is 2.28. The Bertz CT molecular complexity index is 705. The largest absolute Gasteiger partial charge is 0.493 e. The van der Waals surface area contributed by atoms with Crippen LogP contribution in [0.5, 0.6) is 11.5 Å². The molecule has 2 rings (SSSR count). The zero-order chi connectivity index (χ0) is 20.0. The van der Waals surface area contributed by atoms with Crippen molar-refractivity contribution in [1.82, 2.24) is 15.5 Å². The first kappa shape index (κ1) is 20.5. The van der Waals surface area contributed by atoms with Gasteiger partial charge in [-0.2, -0.15) is 0 Å². The maximum absolute atomic E-state index is 12.5. The zero-order valence-electron chi connectivity index (χ0n) is 16.2. The van der Waals surface area contributed by atoms with E-state index in [0.717, 1.165) is 10.5 Å². The monoisotopic (exact) mass is 377 g/mol. The number of urea groups is 1. The molecule has 1 atom stereocenters. The Balaban J connectivity index is 1.95. The summed E-state index contributed by atoms with van der Waals surface area (Å²) in [5.74, 6) is 1.01. The van der Waals surface area contributed by atoms with Crippen molar-refractivity contribution in [3.05, 3.63) is 23.8 Å². The molecule has 0 aliphatic carbocycles. The van der Waals surface area contributed by atoms with E-state index in [1.807, 2.05) is 13.8 Å². The molecule has 0 saturated carbocycles. The van der Waals surface area contributed by atoms with E-state index in [1.165, 1.54) is 14.2 Å². The molecule has 0 unspecified atom stereocenters. The maximum Gasteiger partial charge on any atom is 0.325 e. The van der Waals surface area contributed by atoms with Crippen LogP contribution in [0.25, 0.3) is 0 Å². The molecule has 4 amide bonds. The number of nitrogens with zero attached hydrogens (tertiary/aromatic N) is 1. The van der Waals surface area contributed by atoms with Crippen molar-refractivity contribution < 1.29 is 23.9 Å². The van der Waals surface area contributed by atoms with Crippen molar-refractivity contribution in [2.75, 3.05) is 20.8 Å². The Labute approximate surface area is 159 Å². The number of imide groups is 1. The van der Waals surface area contributed by atoms with Gasteiger partial charge in [-0.05, 0) is 30.0 Å². The minimum absolute atomic E-state index is 0.121. The van der Waals surface area contributed by atoms with Crippen molar-refractivity contribution in [1.29, 1.82) is 0 Å². The second-order valence-electron chi connectivity index (χ2n) is 6.85. The van der Waals surface area contributed by atoms with Gasteiger partial charge in [-0.3, -0.25) is 14.5 Å². The normalized spacial score (nSPS) is 16.5. The van der Waals surface area contributed by atoms with E-state index in [-0.39, 0.29) is 31.2 Å². The molecule has 1 aliphatic heterocycles. The van der Waals surface area contributed by atoms with Gasteiger partial charge in [0.1, 0.15) is 6.04 Å². The Kier molecular flexibility index (Phi) is 7.04. The number of hydrogen-bond donors (Lipinski definition) is 2. The van der Waals surface area contributed by atoms with Crippen LogP contribution < -0.4 is 20.1 Å². The zero-order valence-corrected chi connectivity index (χ0v) is 16.2. The summed E-state index contributed by atoms with van der Waals surface area (Å²) in [5, 5.41) is 5.45. The fourth-order valence-corrected chi connectivity index (χ4v) is 2.77. The van der Waals surface area contributed by atoms with Crippen LogP contribution >= 0.6 is 0 Å². The molecule has 0 radical (unpaired) electrons. The average molecular weight is 377 g/mol. The highest BCUT2D eigenvalue weighted by molar-refractivity contribution is 6.04. The molecule has 1 fully saturated rings. The molecule has 8 heteroatoms. The molecule has 1 aromatic rings. The Morgan fingerprint density at radius 1 is 1.22 bits per heavy atom. The lowest BCUT2D eigenvalue weighted by molar-refractivity contribution is -0.128. The number of ether oxygens (including phenoxy) is 2. The summed E-state index contributed by atoms with van der Waals surface area (Å²) in [7, 11) is 3.06. The van der Waals surface area contributed by atoms with Gasteiger partial charge in [0, 0.05) is 13.0 Å². The SMILES string of the molecule is COc1ccc(CN2C(=O)N[C@@H](CCC(=O)NCC(C)C)C2=O)cc1OC. The lowest BCUT2D eigenvalue weighted by Crippen LogP contribution is -2.33. The first-order valence-corrected chi connectivity index (χ1v) is 8.95. The van der Waals surface area contributed by atoms with Gasteiger partial charge >= 0.3 is 6.03 Å². The van der Waals surface area contributed by atoms with Gasteiger partial charge in [-0.1, -0.05) is 19.9 Å². The van der Waals surface area contributed by atoms with Crippen LogP contribution in [0.3, 0.4) is 0 Å². The summed E-state index contributed by atoms with van der Waals surface area (Å²) in [6.07, 6.45) is 0.463. The smallest absolute Gasteiger partial charge is 0.325 e. The van der Waals surface area contributed by atoms with Crippen molar-refractivity contribution in [3.8, 4) is 11.5 Å². The van der Waals surface area contributed by atoms with Crippen LogP contribution in [-0.4, -0.2) is 49.6 Å². The number of amides is 4. The van der Waals surface area contributed by atoms with Gasteiger partial charge < -0.3 is 20.1 Å². The molecule has 8 nitrogen and oxygen atoms in total. The Morgan fingerprint density at radius 3 is 2.56 bits per heavy atom. The van der Waals surface area contributed by atoms with Gasteiger partial charge in [0.15, 0.2) is 11.5 Å². The van der Waals surface area contributed by atoms with Crippen LogP contribution in [0.2, 0.25) is 0 Å². The molecule has 0 spiro atoms. The van der Waals surface area contributed by atoms with E-state index in [1.54, 1.807) is 18.2 Å². The topological polar surface area (TPSA) is 97.0 Å². The number of hydrogen-bond acceptors (Lipinski definition) is 5. The number of methoxy groups -OCH3 is 2. The predicted molar refractivity (Wildman–Crippen MR) is 99.5 cm³/mol. The fraction of sp³-hybridized carbons (Fsp3) is 0.526. The quantitative estimate of drug-likeness (QED) is 0.638. The minimum Gasteiger partial charge on any atom is -0.493 e. The number of carbonyl (C=O) groups excluding carboxylic acids is 3. The summed E-state index contributed by atoms with van der Waals surface area (Å²) >= 11 is 0. The first-order chi connectivity index (χ1) is 12.8. The second kappa shape index (κ2) is 9.25. The average Bonchev–Trinajstić information content (AvgIpc) is 2.92.